The molecule has 0 spiro atoms. The predicted octanol–water partition coefficient (Wildman–Crippen LogP) is 1.52. The second kappa shape index (κ2) is 3.18. The summed E-state index contributed by atoms with van der Waals surface area (Å²) in [7, 11) is 0. The minimum absolute atomic E-state index is 0.579. The Morgan fingerprint density at radius 2 is 2.44 bits per heavy atom. The van der Waals surface area contributed by atoms with E-state index in [2.05, 4.69) is 11.8 Å². The number of nitrogens with zero attached hydrogens (tertiary/aromatic N) is 1. The first kappa shape index (κ1) is 7.03. The van der Waals surface area contributed by atoms with Crippen LogP contribution in [-0.4, -0.2) is 30.6 Å². The Bertz CT molecular complexity index is 73.0. The van der Waals surface area contributed by atoms with E-state index in [0.717, 1.165) is 6.54 Å². The second-order valence-corrected chi connectivity index (χ2v) is 2.63. The lowest BCUT2D eigenvalue weighted by Crippen LogP contribution is -2.30. The molecule has 0 aliphatic carbocycles. The molecule has 9 heavy (non-hydrogen) atoms. The molecule has 0 bridgehead atoms. The van der Waals surface area contributed by atoms with E-state index >= 15 is 0 Å². The van der Waals surface area contributed by atoms with Crippen LogP contribution in [0.3, 0.4) is 0 Å². The maximum Gasteiger partial charge on any atom is -0.00161 e. The van der Waals surface area contributed by atoms with Crippen molar-refractivity contribution < 1.29 is 0 Å². The van der Waals surface area contributed by atoms with Gasteiger partial charge < -0.3 is 10.6 Å². The number of likely N-dealkylation sites (N-methyl/N-ethyl adjacent to an activating group) is 1. The summed E-state index contributed by atoms with van der Waals surface area (Å²) in [6, 6.07) is 0.579. The van der Waals surface area contributed by atoms with Crippen molar-refractivity contribution in [3.05, 3.63) is 5.73 Å². The highest BCUT2D eigenvalue weighted by Gasteiger charge is 2.18. The van der Waals surface area contributed by atoms with Gasteiger partial charge in [-0.2, -0.15) is 0 Å². The molecule has 1 heterocycles. The molecule has 1 unspecified atom stereocenters. The van der Waals surface area contributed by atoms with Crippen molar-refractivity contribution >= 4 is 0 Å². The molecule has 1 saturated heterocycles. The Morgan fingerprint density at radius 3 is 2.89 bits per heavy atom. The summed E-state index contributed by atoms with van der Waals surface area (Å²) >= 11 is 0. The molecule has 0 amide bonds. The summed E-state index contributed by atoms with van der Waals surface area (Å²) in [5.41, 5.74) is 7.19. The maximum atomic E-state index is 7.19. The number of nitrogens with one attached hydrogen (secondary N) is 1. The SMILES string of the molecule is CCN1CCCC1C[NH-]. The fourth-order valence-electron chi connectivity index (χ4n) is 1.54. The van der Waals surface area contributed by atoms with Gasteiger partial charge in [0.05, 0.1) is 0 Å². The average Bonchev–Trinajstić information content (AvgIpc) is 2.33. The Hall–Kier alpha value is -0.0800. The highest BCUT2D eigenvalue weighted by Crippen LogP contribution is 2.15. The van der Waals surface area contributed by atoms with Gasteiger partial charge in [0, 0.05) is 0 Å². The van der Waals surface area contributed by atoms with Crippen LogP contribution in [0, 0.1) is 0 Å². The lowest BCUT2D eigenvalue weighted by molar-refractivity contribution is 0.281. The van der Waals surface area contributed by atoms with Crippen LogP contribution in [0.2, 0.25) is 0 Å². The van der Waals surface area contributed by atoms with Crippen molar-refractivity contribution in [3.8, 4) is 0 Å². The number of rotatable bonds is 2. The van der Waals surface area contributed by atoms with Gasteiger partial charge in [-0.3, -0.25) is 0 Å². The van der Waals surface area contributed by atoms with Gasteiger partial charge in [-0.15, -0.1) is 6.54 Å². The minimum atomic E-state index is 0.579. The van der Waals surface area contributed by atoms with Gasteiger partial charge in [-0.25, -0.2) is 0 Å². The van der Waals surface area contributed by atoms with Crippen molar-refractivity contribution in [1.82, 2.24) is 4.90 Å². The Labute approximate surface area is 57.0 Å². The van der Waals surface area contributed by atoms with Crippen molar-refractivity contribution in [2.45, 2.75) is 25.8 Å². The highest BCUT2D eigenvalue weighted by atomic mass is 15.2. The number of likely N-dealkylation sites (tertiary alicyclic amines) is 1. The summed E-state index contributed by atoms with van der Waals surface area (Å²) in [4.78, 5) is 2.40. The number of hydrogen-bond acceptors (Lipinski definition) is 1. The Kier molecular flexibility index (Phi) is 2.49. The van der Waals surface area contributed by atoms with E-state index in [4.69, 9.17) is 5.73 Å². The summed E-state index contributed by atoms with van der Waals surface area (Å²) in [5.74, 6) is 0. The zero-order valence-electron chi connectivity index (χ0n) is 6.06. The van der Waals surface area contributed by atoms with Crippen molar-refractivity contribution in [2.24, 2.45) is 0 Å². The van der Waals surface area contributed by atoms with E-state index in [1.807, 2.05) is 0 Å². The summed E-state index contributed by atoms with van der Waals surface area (Å²) < 4.78 is 0. The molecule has 2 heteroatoms. The molecule has 0 saturated carbocycles. The predicted molar refractivity (Wildman–Crippen MR) is 39.5 cm³/mol. The van der Waals surface area contributed by atoms with Crippen LogP contribution in [-0.2, 0) is 0 Å². The van der Waals surface area contributed by atoms with Crippen LogP contribution < -0.4 is 0 Å². The number of hydrogen-bond donors (Lipinski definition) is 0. The molecule has 1 N–H and O–H groups in total. The first-order chi connectivity index (χ1) is 4.38. The van der Waals surface area contributed by atoms with E-state index in [9.17, 15) is 0 Å². The van der Waals surface area contributed by atoms with E-state index in [1.165, 1.54) is 19.4 Å². The minimum Gasteiger partial charge on any atom is -0.676 e. The van der Waals surface area contributed by atoms with E-state index in [0.29, 0.717) is 12.6 Å². The highest BCUT2D eigenvalue weighted by molar-refractivity contribution is 4.82. The average molecular weight is 127 g/mol. The van der Waals surface area contributed by atoms with E-state index in [-0.39, 0.29) is 0 Å². The zero-order valence-corrected chi connectivity index (χ0v) is 6.06. The standard InChI is InChI=1S/C7H15N2/c1-2-9-5-3-4-7(9)6-8/h7-8H,2-6H2,1H3/q-1. The van der Waals surface area contributed by atoms with Gasteiger partial charge in [0.15, 0.2) is 0 Å². The third kappa shape index (κ3) is 1.43. The van der Waals surface area contributed by atoms with Gasteiger partial charge in [-0.1, -0.05) is 6.92 Å². The topological polar surface area (TPSA) is 27.0 Å². The van der Waals surface area contributed by atoms with Gasteiger partial charge in [0.2, 0.25) is 0 Å². The molecule has 0 aromatic rings. The Morgan fingerprint density at radius 1 is 1.67 bits per heavy atom. The van der Waals surface area contributed by atoms with Crippen LogP contribution in [0.15, 0.2) is 0 Å². The fraction of sp³-hybridized carbons (Fsp3) is 1.00. The molecule has 0 aromatic heterocycles. The molecule has 2 nitrogen and oxygen atoms in total. The smallest absolute Gasteiger partial charge is 0.00161 e. The van der Waals surface area contributed by atoms with Crippen molar-refractivity contribution in [2.75, 3.05) is 19.6 Å². The molecule has 54 valence electrons. The molecule has 1 aliphatic heterocycles. The fourth-order valence-corrected chi connectivity index (χ4v) is 1.54. The van der Waals surface area contributed by atoms with Crippen LogP contribution >= 0.6 is 0 Å². The quantitative estimate of drug-likeness (QED) is 0.552. The lowest BCUT2D eigenvalue weighted by atomic mass is 10.2. The molecule has 0 radical (unpaired) electrons. The van der Waals surface area contributed by atoms with Crippen LogP contribution in [0.5, 0.6) is 0 Å². The molecule has 0 aromatic carbocycles. The van der Waals surface area contributed by atoms with Gasteiger partial charge in [-0.05, 0) is 32.0 Å². The molecule has 1 atom stereocenters. The molecule has 1 aliphatic rings. The zero-order chi connectivity index (χ0) is 6.69. The maximum absolute atomic E-state index is 7.19. The van der Waals surface area contributed by atoms with E-state index in [1.54, 1.807) is 0 Å². The van der Waals surface area contributed by atoms with Crippen molar-refractivity contribution in [1.29, 1.82) is 0 Å². The lowest BCUT2D eigenvalue weighted by Gasteiger charge is -2.23. The summed E-state index contributed by atoms with van der Waals surface area (Å²) in [6.07, 6.45) is 2.55. The second-order valence-electron chi connectivity index (χ2n) is 2.63. The van der Waals surface area contributed by atoms with Crippen LogP contribution in [0.25, 0.3) is 5.73 Å². The van der Waals surface area contributed by atoms with E-state index < -0.39 is 0 Å². The third-order valence-corrected chi connectivity index (χ3v) is 2.14. The van der Waals surface area contributed by atoms with Crippen LogP contribution in [0.1, 0.15) is 19.8 Å². The third-order valence-electron chi connectivity index (χ3n) is 2.14. The van der Waals surface area contributed by atoms with Gasteiger partial charge >= 0.3 is 0 Å². The largest absolute Gasteiger partial charge is 0.676 e. The van der Waals surface area contributed by atoms with Gasteiger partial charge in [0.1, 0.15) is 0 Å². The molecule has 1 fully saturated rings. The first-order valence-electron chi connectivity index (χ1n) is 3.77. The first-order valence-corrected chi connectivity index (χ1v) is 3.77. The molecular formula is C7H15N2-. The normalized spacial score (nSPS) is 29.3. The van der Waals surface area contributed by atoms with Gasteiger partial charge in [0.25, 0.3) is 0 Å². The molecular weight excluding hydrogens is 112 g/mol. The van der Waals surface area contributed by atoms with Crippen LogP contribution in [0.4, 0.5) is 0 Å². The monoisotopic (exact) mass is 127 g/mol. The molecule has 1 rings (SSSR count). The summed E-state index contributed by atoms with van der Waals surface area (Å²) in [5, 5.41) is 0. The Balaban J connectivity index is 2.32. The summed E-state index contributed by atoms with van der Waals surface area (Å²) in [6.45, 7) is 5.12. The van der Waals surface area contributed by atoms with Crippen molar-refractivity contribution in [3.63, 3.8) is 0 Å².